The molecule has 0 saturated carbocycles. The lowest BCUT2D eigenvalue weighted by Gasteiger charge is -2.26. The standard InChI is InChI=1S/C15H21NO5/c1-10(17)20-13(16-14(19)21-15(2,3)4)12(18)11-8-6-5-7-9-11/h5-9,12-13,18H,1-4H3,(H,16,19)/t12-,13-/m1/s1. The number of ether oxygens (including phenoxy) is 2. The zero-order chi connectivity index (χ0) is 16.0. The van der Waals surface area contributed by atoms with Gasteiger partial charge in [-0.3, -0.25) is 10.1 Å². The van der Waals surface area contributed by atoms with E-state index < -0.39 is 30.0 Å². The molecule has 0 unspecified atom stereocenters. The summed E-state index contributed by atoms with van der Waals surface area (Å²) in [6.07, 6.45) is -3.19. The SMILES string of the molecule is CC(=O)O[C@@H](NC(=O)OC(C)(C)C)[C@H](O)c1ccccc1. The number of carbonyl (C=O) groups excluding carboxylic acids is 2. The van der Waals surface area contributed by atoms with Crippen LogP contribution in [0.1, 0.15) is 39.4 Å². The van der Waals surface area contributed by atoms with Gasteiger partial charge >= 0.3 is 12.1 Å². The van der Waals surface area contributed by atoms with Gasteiger partial charge in [0.2, 0.25) is 6.23 Å². The molecule has 0 aliphatic carbocycles. The number of alkyl carbamates (subject to hydrolysis) is 1. The number of benzene rings is 1. The molecule has 1 aromatic rings. The van der Waals surface area contributed by atoms with Gasteiger partial charge in [-0.15, -0.1) is 0 Å². The van der Waals surface area contributed by atoms with Crippen LogP contribution in [0.3, 0.4) is 0 Å². The molecule has 2 atom stereocenters. The fraction of sp³-hybridized carbons (Fsp3) is 0.467. The van der Waals surface area contributed by atoms with Crippen LogP contribution in [0.25, 0.3) is 0 Å². The van der Waals surface area contributed by atoms with Crippen molar-refractivity contribution in [1.82, 2.24) is 5.32 Å². The number of carbonyl (C=O) groups is 2. The molecule has 0 heterocycles. The molecule has 0 spiro atoms. The average Bonchev–Trinajstić information content (AvgIpc) is 2.35. The van der Waals surface area contributed by atoms with Crippen molar-refractivity contribution in [1.29, 1.82) is 0 Å². The maximum absolute atomic E-state index is 11.8. The van der Waals surface area contributed by atoms with Gasteiger partial charge in [-0.25, -0.2) is 4.79 Å². The maximum atomic E-state index is 11.8. The van der Waals surface area contributed by atoms with Crippen molar-refractivity contribution in [2.75, 3.05) is 0 Å². The summed E-state index contributed by atoms with van der Waals surface area (Å²) in [7, 11) is 0. The second-order valence-electron chi connectivity index (χ2n) is 5.53. The summed E-state index contributed by atoms with van der Waals surface area (Å²) in [6.45, 7) is 6.32. The third-order valence-electron chi connectivity index (χ3n) is 2.38. The van der Waals surface area contributed by atoms with Crippen LogP contribution in [0.15, 0.2) is 30.3 Å². The minimum atomic E-state index is -1.22. The molecule has 6 nitrogen and oxygen atoms in total. The van der Waals surface area contributed by atoms with Gasteiger partial charge in [0.15, 0.2) is 0 Å². The van der Waals surface area contributed by atoms with Crippen molar-refractivity contribution < 1.29 is 24.2 Å². The van der Waals surface area contributed by atoms with Crippen LogP contribution in [0.2, 0.25) is 0 Å². The van der Waals surface area contributed by atoms with Gasteiger partial charge in [0.05, 0.1) is 0 Å². The largest absolute Gasteiger partial charge is 0.444 e. The van der Waals surface area contributed by atoms with E-state index in [1.54, 1.807) is 51.1 Å². The highest BCUT2D eigenvalue weighted by Gasteiger charge is 2.27. The summed E-state index contributed by atoms with van der Waals surface area (Å²) in [5.74, 6) is -0.619. The highest BCUT2D eigenvalue weighted by Crippen LogP contribution is 2.18. The van der Waals surface area contributed by atoms with Gasteiger partial charge in [-0.05, 0) is 26.3 Å². The van der Waals surface area contributed by atoms with Crippen LogP contribution in [-0.2, 0) is 14.3 Å². The Balaban J connectivity index is 2.81. The molecule has 0 saturated heterocycles. The number of esters is 1. The van der Waals surface area contributed by atoms with Crippen molar-refractivity contribution in [2.24, 2.45) is 0 Å². The molecule has 6 heteroatoms. The second-order valence-corrected chi connectivity index (χ2v) is 5.53. The van der Waals surface area contributed by atoms with Gasteiger partial charge in [-0.1, -0.05) is 30.3 Å². The summed E-state index contributed by atoms with van der Waals surface area (Å²) in [6, 6.07) is 8.59. The van der Waals surface area contributed by atoms with E-state index in [1.807, 2.05) is 0 Å². The van der Waals surface area contributed by atoms with Crippen molar-refractivity contribution in [3.05, 3.63) is 35.9 Å². The Morgan fingerprint density at radius 1 is 1.19 bits per heavy atom. The molecule has 0 aliphatic rings. The summed E-state index contributed by atoms with van der Waals surface area (Å²) in [4.78, 5) is 22.9. The third kappa shape index (κ3) is 6.27. The van der Waals surface area contributed by atoms with Crippen molar-refractivity contribution in [3.63, 3.8) is 0 Å². The fourth-order valence-corrected chi connectivity index (χ4v) is 1.60. The molecule has 116 valence electrons. The lowest BCUT2D eigenvalue weighted by molar-refractivity contribution is -0.154. The Hall–Kier alpha value is -2.08. The lowest BCUT2D eigenvalue weighted by Crippen LogP contribution is -2.44. The Labute approximate surface area is 124 Å². The Morgan fingerprint density at radius 3 is 2.24 bits per heavy atom. The number of nitrogens with one attached hydrogen (secondary N) is 1. The van der Waals surface area contributed by atoms with Crippen molar-refractivity contribution in [3.8, 4) is 0 Å². The number of amides is 1. The molecule has 0 bridgehead atoms. The first-order valence-electron chi connectivity index (χ1n) is 6.59. The number of hydrogen-bond acceptors (Lipinski definition) is 5. The van der Waals surface area contributed by atoms with E-state index >= 15 is 0 Å². The van der Waals surface area contributed by atoms with E-state index in [0.29, 0.717) is 5.56 Å². The molecular weight excluding hydrogens is 274 g/mol. The summed E-state index contributed by atoms with van der Waals surface area (Å²) in [5.41, 5.74) is -0.178. The highest BCUT2D eigenvalue weighted by atomic mass is 16.6. The van der Waals surface area contributed by atoms with E-state index in [9.17, 15) is 14.7 Å². The quantitative estimate of drug-likeness (QED) is 0.656. The van der Waals surface area contributed by atoms with Gasteiger partial charge in [0.25, 0.3) is 0 Å². The topological polar surface area (TPSA) is 84.9 Å². The summed E-state index contributed by atoms with van der Waals surface area (Å²) < 4.78 is 10.0. The van der Waals surface area contributed by atoms with E-state index in [1.165, 1.54) is 6.92 Å². The fourth-order valence-electron chi connectivity index (χ4n) is 1.60. The molecule has 0 aromatic heterocycles. The van der Waals surface area contributed by atoms with Crippen LogP contribution in [0, 0.1) is 0 Å². The van der Waals surface area contributed by atoms with Gasteiger partial charge in [0.1, 0.15) is 11.7 Å². The molecular formula is C15H21NO5. The van der Waals surface area contributed by atoms with Crippen LogP contribution in [0.5, 0.6) is 0 Å². The predicted octanol–water partition coefficient (Wildman–Crippen LogP) is 2.13. The van der Waals surface area contributed by atoms with Crippen LogP contribution in [0.4, 0.5) is 4.79 Å². The lowest BCUT2D eigenvalue weighted by atomic mass is 10.1. The van der Waals surface area contributed by atoms with Crippen LogP contribution < -0.4 is 5.32 Å². The minimum Gasteiger partial charge on any atom is -0.444 e. The van der Waals surface area contributed by atoms with Crippen molar-refractivity contribution in [2.45, 2.75) is 45.6 Å². The molecule has 2 N–H and O–H groups in total. The second kappa shape index (κ2) is 7.08. The van der Waals surface area contributed by atoms with Crippen LogP contribution in [-0.4, -0.2) is 29.0 Å². The molecule has 21 heavy (non-hydrogen) atoms. The monoisotopic (exact) mass is 295 g/mol. The zero-order valence-electron chi connectivity index (χ0n) is 12.6. The molecule has 1 rings (SSSR count). The smallest absolute Gasteiger partial charge is 0.410 e. The molecule has 0 aliphatic heterocycles. The normalized spacial score (nSPS) is 14.0. The van der Waals surface area contributed by atoms with E-state index in [4.69, 9.17) is 9.47 Å². The molecule has 1 amide bonds. The Kier molecular flexibility index (Phi) is 5.72. The first-order valence-corrected chi connectivity index (χ1v) is 6.59. The summed E-state index contributed by atoms with van der Waals surface area (Å²) in [5, 5.41) is 12.6. The number of aliphatic hydroxyl groups is 1. The average molecular weight is 295 g/mol. The van der Waals surface area contributed by atoms with E-state index in [0.717, 1.165) is 0 Å². The zero-order valence-corrected chi connectivity index (χ0v) is 12.6. The summed E-state index contributed by atoms with van der Waals surface area (Å²) >= 11 is 0. The van der Waals surface area contributed by atoms with Crippen LogP contribution >= 0.6 is 0 Å². The highest BCUT2D eigenvalue weighted by molar-refractivity contribution is 5.70. The third-order valence-corrected chi connectivity index (χ3v) is 2.38. The Morgan fingerprint density at radius 2 is 1.76 bits per heavy atom. The number of rotatable bonds is 4. The molecule has 0 fully saturated rings. The minimum absolute atomic E-state index is 0.514. The number of hydrogen-bond donors (Lipinski definition) is 2. The Bertz CT molecular complexity index is 481. The van der Waals surface area contributed by atoms with Gasteiger partial charge in [-0.2, -0.15) is 0 Å². The number of aliphatic hydroxyl groups excluding tert-OH is 1. The predicted molar refractivity (Wildman–Crippen MR) is 76.3 cm³/mol. The first-order chi connectivity index (χ1) is 9.69. The van der Waals surface area contributed by atoms with Crippen molar-refractivity contribution >= 4 is 12.1 Å². The van der Waals surface area contributed by atoms with Gasteiger partial charge in [0, 0.05) is 6.92 Å². The van der Waals surface area contributed by atoms with E-state index in [2.05, 4.69) is 5.32 Å². The van der Waals surface area contributed by atoms with Gasteiger partial charge < -0.3 is 14.6 Å². The first kappa shape index (κ1) is 17.0. The molecule has 1 aromatic carbocycles. The van der Waals surface area contributed by atoms with E-state index in [-0.39, 0.29) is 0 Å². The molecule has 0 radical (unpaired) electrons. The maximum Gasteiger partial charge on any atom is 0.410 e.